The molecule has 0 radical (unpaired) electrons. The number of esters is 1. The van der Waals surface area contributed by atoms with Crippen LogP contribution in [0.3, 0.4) is 0 Å². The Labute approximate surface area is 104 Å². The van der Waals surface area contributed by atoms with Crippen LogP contribution in [0.2, 0.25) is 5.15 Å². The smallest absolute Gasteiger partial charge is 0.340 e. The average Bonchev–Trinajstić information content (AvgIpc) is 2.32. The first-order valence-electron chi connectivity index (χ1n) is 4.92. The van der Waals surface area contributed by atoms with Crippen molar-refractivity contribution in [3.8, 4) is 0 Å². The molecule has 0 aliphatic carbocycles. The van der Waals surface area contributed by atoms with E-state index in [9.17, 15) is 4.79 Å². The third kappa shape index (κ3) is 3.35. The van der Waals surface area contributed by atoms with Gasteiger partial charge in [0.1, 0.15) is 5.15 Å². The topological polar surface area (TPSA) is 74.4 Å². The van der Waals surface area contributed by atoms with Crippen LogP contribution in [-0.2, 0) is 9.47 Å². The van der Waals surface area contributed by atoms with Crippen molar-refractivity contribution >= 4 is 29.3 Å². The fourth-order valence-corrected chi connectivity index (χ4v) is 1.36. The molecule has 2 N–H and O–H groups in total. The van der Waals surface area contributed by atoms with Gasteiger partial charge in [-0.05, 0) is 13.0 Å². The van der Waals surface area contributed by atoms with Gasteiger partial charge in [0.2, 0.25) is 0 Å². The van der Waals surface area contributed by atoms with Gasteiger partial charge in [-0.25, -0.2) is 9.78 Å². The number of hydrogen-bond donors (Lipinski definition) is 1. The van der Waals surface area contributed by atoms with Crippen LogP contribution in [-0.4, -0.2) is 24.7 Å². The summed E-state index contributed by atoms with van der Waals surface area (Å²) in [5.41, 5.74) is 6.54. The number of nitrogen functional groups attached to an aromatic ring is 1. The fraction of sp³-hybridized carbons (Fsp3) is 0.273. The SMILES string of the molecule is CCO/C=C/c1nc(Cl)cc(C(=O)OC)c1N. The second-order valence-electron chi connectivity index (χ2n) is 3.04. The number of ether oxygens (including phenoxy) is 2. The largest absolute Gasteiger partial charge is 0.501 e. The van der Waals surface area contributed by atoms with E-state index >= 15 is 0 Å². The normalized spacial score (nSPS) is 10.5. The van der Waals surface area contributed by atoms with Crippen molar-refractivity contribution in [2.45, 2.75) is 6.92 Å². The molecule has 6 heteroatoms. The monoisotopic (exact) mass is 256 g/mol. The Balaban J connectivity index is 3.14. The van der Waals surface area contributed by atoms with Crippen LogP contribution in [0.25, 0.3) is 6.08 Å². The van der Waals surface area contributed by atoms with Crippen LogP contribution < -0.4 is 5.73 Å². The van der Waals surface area contributed by atoms with Gasteiger partial charge in [-0.15, -0.1) is 0 Å². The van der Waals surface area contributed by atoms with Gasteiger partial charge in [-0.2, -0.15) is 0 Å². The van der Waals surface area contributed by atoms with Crippen LogP contribution >= 0.6 is 11.6 Å². The summed E-state index contributed by atoms with van der Waals surface area (Å²) in [6, 6.07) is 1.36. The number of methoxy groups -OCH3 is 1. The van der Waals surface area contributed by atoms with E-state index in [0.717, 1.165) is 0 Å². The summed E-state index contributed by atoms with van der Waals surface area (Å²) in [5, 5.41) is 0.163. The first-order valence-corrected chi connectivity index (χ1v) is 5.30. The number of carbonyl (C=O) groups is 1. The van der Waals surface area contributed by atoms with E-state index in [0.29, 0.717) is 12.3 Å². The molecule has 0 saturated heterocycles. The molecule has 0 aliphatic heterocycles. The molecule has 0 unspecified atom stereocenters. The summed E-state index contributed by atoms with van der Waals surface area (Å²) in [4.78, 5) is 15.4. The summed E-state index contributed by atoms with van der Waals surface area (Å²) < 4.78 is 9.62. The molecule has 1 heterocycles. The summed E-state index contributed by atoms with van der Waals surface area (Å²) >= 11 is 5.79. The number of hydrogen-bond acceptors (Lipinski definition) is 5. The summed E-state index contributed by atoms with van der Waals surface area (Å²) in [5.74, 6) is -0.558. The van der Waals surface area contributed by atoms with E-state index in [1.54, 1.807) is 0 Å². The Morgan fingerprint density at radius 1 is 1.65 bits per heavy atom. The van der Waals surface area contributed by atoms with Crippen molar-refractivity contribution in [1.29, 1.82) is 0 Å². The van der Waals surface area contributed by atoms with Crippen molar-refractivity contribution < 1.29 is 14.3 Å². The van der Waals surface area contributed by atoms with E-state index in [1.165, 1.54) is 25.5 Å². The Morgan fingerprint density at radius 3 is 2.94 bits per heavy atom. The molecule has 0 amide bonds. The summed E-state index contributed by atoms with van der Waals surface area (Å²) in [7, 11) is 1.27. The van der Waals surface area contributed by atoms with Crippen molar-refractivity contribution in [3.05, 3.63) is 28.7 Å². The Kier molecular flexibility index (Phi) is 4.78. The van der Waals surface area contributed by atoms with Gasteiger partial charge in [0.15, 0.2) is 0 Å². The third-order valence-corrected chi connectivity index (χ3v) is 2.14. The number of aromatic nitrogens is 1. The second-order valence-corrected chi connectivity index (χ2v) is 3.43. The summed E-state index contributed by atoms with van der Waals surface area (Å²) in [6.07, 6.45) is 2.98. The van der Waals surface area contributed by atoms with Crippen molar-refractivity contribution in [2.75, 3.05) is 19.5 Å². The molecule has 0 spiro atoms. The molecule has 0 aliphatic rings. The van der Waals surface area contributed by atoms with E-state index in [4.69, 9.17) is 22.1 Å². The lowest BCUT2D eigenvalue weighted by atomic mass is 10.2. The van der Waals surface area contributed by atoms with Crippen LogP contribution in [0.1, 0.15) is 23.0 Å². The Morgan fingerprint density at radius 2 is 2.35 bits per heavy atom. The molecule has 0 aromatic carbocycles. The quantitative estimate of drug-likeness (QED) is 0.507. The van der Waals surface area contributed by atoms with Gasteiger partial charge in [-0.3, -0.25) is 0 Å². The maximum atomic E-state index is 11.4. The lowest BCUT2D eigenvalue weighted by Gasteiger charge is -2.07. The lowest BCUT2D eigenvalue weighted by Crippen LogP contribution is -2.08. The van der Waals surface area contributed by atoms with Gasteiger partial charge >= 0.3 is 5.97 Å². The van der Waals surface area contributed by atoms with Crippen molar-refractivity contribution in [3.63, 3.8) is 0 Å². The molecule has 92 valence electrons. The number of halogens is 1. The highest BCUT2D eigenvalue weighted by Gasteiger charge is 2.14. The van der Waals surface area contributed by atoms with Crippen LogP contribution in [0, 0.1) is 0 Å². The zero-order valence-electron chi connectivity index (χ0n) is 9.57. The second kappa shape index (κ2) is 6.10. The standard InChI is InChI=1S/C11H13ClN2O3/c1-3-17-5-4-8-10(13)7(11(15)16-2)6-9(12)14-8/h4-6H,3,13H2,1-2H3/b5-4+. The average molecular weight is 257 g/mol. The number of rotatable bonds is 4. The Hall–Kier alpha value is -1.75. The highest BCUT2D eigenvalue weighted by Crippen LogP contribution is 2.22. The maximum Gasteiger partial charge on any atom is 0.340 e. The van der Waals surface area contributed by atoms with Crippen LogP contribution in [0.15, 0.2) is 12.3 Å². The molecule has 0 saturated carbocycles. The van der Waals surface area contributed by atoms with E-state index in [-0.39, 0.29) is 16.4 Å². The maximum absolute atomic E-state index is 11.4. The van der Waals surface area contributed by atoms with E-state index < -0.39 is 5.97 Å². The van der Waals surface area contributed by atoms with Crippen molar-refractivity contribution in [2.24, 2.45) is 0 Å². The minimum atomic E-state index is -0.558. The molecule has 0 fully saturated rings. The van der Waals surface area contributed by atoms with E-state index in [2.05, 4.69) is 9.72 Å². The highest BCUT2D eigenvalue weighted by atomic mass is 35.5. The first-order chi connectivity index (χ1) is 8.10. The molecule has 0 bridgehead atoms. The molecule has 0 atom stereocenters. The number of anilines is 1. The number of carbonyl (C=O) groups excluding carboxylic acids is 1. The predicted octanol–water partition coefficient (Wildman–Crippen LogP) is 2.11. The molecule has 1 rings (SSSR count). The number of pyridine rings is 1. The van der Waals surface area contributed by atoms with Crippen LogP contribution in [0.5, 0.6) is 0 Å². The molecule has 5 nitrogen and oxygen atoms in total. The number of nitrogens with zero attached hydrogens (tertiary/aromatic N) is 1. The molecule has 1 aromatic rings. The zero-order valence-corrected chi connectivity index (χ0v) is 10.3. The van der Waals surface area contributed by atoms with Gasteiger partial charge in [0.25, 0.3) is 0 Å². The zero-order chi connectivity index (χ0) is 12.8. The molecule has 1 aromatic heterocycles. The lowest BCUT2D eigenvalue weighted by molar-refractivity contribution is 0.0602. The minimum absolute atomic E-state index is 0.163. The molecular formula is C11H13ClN2O3. The highest BCUT2D eigenvalue weighted by molar-refractivity contribution is 6.30. The van der Waals surface area contributed by atoms with Gasteiger partial charge in [-0.1, -0.05) is 11.6 Å². The minimum Gasteiger partial charge on any atom is -0.501 e. The van der Waals surface area contributed by atoms with E-state index in [1.807, 2.05) is 6.92 Å². The predicted molar refractivity (Wildman–Crippen MR) is 65.7 cm³/mol. The molecular weight excluding hydrogens is 244 g/mol. The van der Waals surface area contributed by atoms with Gasteiger partial charge in [0, 0.05) is 6.08 Å². The fourth-order valence-electron chi connectivity index (χ4n) is 1.16. The van der Waals surface area contributed by atoms with Crippen LogP contribution in [0.4, 0.5) is 5.69 Å². The number of nitrogens with two attached hydrogens (primary N) is 1. The van der Waals surface area contributed by atoms with Gasteiger partial charge < -0.3 is 15.2 Å². The first kappa shape index (κ1) is 13.3. The van der Waals surface area contributed by atoms with Gasteiger partial charge in [0.05, 0.1) is 36.9 Å². The summed E-state index contributed by atoms with van der Waals surface area (Å²) in [6.45, 7) is 2.37. The Bertz CT molecular complexity index is 447. The third-order valence-electron chi connectivity index (χ3n) is 1.95. The van der Waals surface area contributed by atoms with Crippen molar-refractivity contribution in [1.82, 2.24) is 4.98 Å². The molecule has 17 heavy (non-hydrogen) atoms.